The molecule has 23 heavy (non-hydrogen) atoms. The van der Waals surface area contributed by atoms with Crippen LogP contribution in [0.3, 0.4) is 0 Å². The van der Waals surface area contributed by atoms with Crippen LogP contribution in [-0.2, 0) is 0 Å². The van der Waals surface area contributed by atoms with Crippen LogP contribution in [0.2, 0.25) is 0 Å². The van der Waals surface area contributed by atoms with E-state index in [4.69, 9.17) is 9.47 Å². The molecule has 0 aliphatic carbocycles. The van der Waals surface area contributed by atoms with E-state index in [-0.39, 0.29) is 0 Å². The van der Waals surface area contributed by atoms with E-state index in [0.29, 0.717) is 28.2 Å². The number of amides is 2. The molecule has 0 bridgehead atoms. The predicted octanol–water partition coefficient (Wildman–Crippen LogP) is 2.33. The molecule has 0 atom stereocenters. The van der Waals surface area contributed by atoms with Gasteiger partial charge in [0.2, 0.25) is 0 Å². The summed E-state index contributed by atoms with van der Waals surface area (Å²) >= 11 is 0. The van der Waals surface area contributed by atoms with Crippen molar-refractivity contribution >= 4 is 18.0 Å². The Morgan fingerprint density at radius 2 is 1.61 bits per heavy atom. The molecule has 0 saturated carbocycles. The molecule has 1 aliphatic heterocycles. The van der Waals surface area contributed by atoms with E-state index in [1.807, 2.05) is 0 Å². The molecule has 2 aromatic carbocycles. The van der Waals surface area contributed by atoms with Gasteiger partial charge in [-0.05, 0) is 24.3 Å². The monoisotopic (exact) mass is 310 g/mol. The van der Waals surface area contributed by atoms with Crippen molar-refractivity contribution in [3.8, 4) is 11.5 Å². The Hall–Kier alpha value is -3.15. The molecule has 0 fully saturated rings. The number of nitrogens with zero attached hydrogens (tertiary/aromatic N) is 2. The van der Waals surface area contributed by atoms with Crippen LogP contribution in [0.5, 0.6) is 11.5 Å². The molecule has 0 aromatic heterocycles. The van der Waals surface area contributed by atoms with Gasteiger partial charge in [-0.3, -0.25) is 9.59 Å². The number of rotatable bonds is 4. The van der Waals surface area contributed by atoms with Gasteiger partial charge in [-0.15, -0.1) is 0 Å². The maximum Gasteiger partial charge on any atom is 0.282 e. The van der Waals surface area contributed by atoms with Crippen molar-refractivity contribution < 1.29 is 19.1 Å². The van der Waals surface area contributed by atoms with Crippen LogP contribution >= 0.6 is 0 Å². The van der Waals surface area contributed by atoms with E-state index in [1.165, 1.54) is 13.3 Å². The summed E-state index contributed by atoms with van der Waals surface area (Å²) in [5.41, 5.74) is 1.34. The zero-order valence-electron chi connectivity index (χ0n) is 12.6. The third-order valence-electron chi connectivity index (χ3n) is 3.53. The van der Waals surface area contributed by atoms with Gasteiger partial charge >= 0.3 is 0 Å². The highest BCUT2D eigenvalue weighted by atomic mass is 16.5. The SMILES string of the molecule is COc1ccc(/C=N/N2C(=O)c3ccccc3C2=O)c(OC)c1. The van der Waals surface area contributed by atoms with Crippen molar-refractivity contribution in [2.24, 2.45) is 5.10 Å². The van der Waals surface area contributed by atoms with Crippen LogP contribution in [0.1, 0.15) is 26.3 Å². The standard InChI is InChI=1S/C17H14N2O4/c1-22-12-8-7-11(15(9-12)23-2)10-18-19-16(20)13-5-3-4-6-14(13)17(19)21/h3-10H,1-2H3/b18-10+. The van der Waals surface area contributed by atoms with E-state index in [2.05, 4.69) is 5.10 Å². The second-order valence-corrected chi connectivity index (χ2v) is 4.82. The van der Waals surface area contributed by atoms with Gasteiger partial charge in [0.25, 0.3) is 11.8 Å². The Bertz CT molecular complexity index is 779. The van der Waals surface area contributed by atoms with Gasteiger partial charge in [0, 0.05) is 11.6 Å². The number of methoxy groups -OCH3 is 2. The fraction of sp³-hybridized carbons (Fsp3) is 0.118. The van der Waals surface area contributed by atoms with Crippen LogP contribution < -0.4 is 9.47 Å². The van der Waals surface area contributed by atoms with E-state index >= 15 is 0 Å². The molecule has 6 nitrogen and oxygen atoms in total. The summed E-state index contributed by atoms with van der Waals surface area (Å²) in [5.74, 6) is 0.299. The second kappa shape index (κ2) is 5.92. The number of hydrogen-bond acceptors (Lipinski definition) is 5. The lowest BCUT2D eigenvalue weighted by atomic mass is 10.1. The van der Waals surface area contributed by atoms with E-state index in [0.717, 1.165) is 5.01 Å². The molecule has 0 radical (unpaired) electrons. The molecule has 3 rings (SSSR count). The number of hydrazone groups is 1. The van der Waals surface area contributed by atoms with Crippen molar-refractivity contribution in [1.29, 1.82) is 0 Å². The van der Waals surface area contributed by atoms with Crippen LogP contribution in [0.15, 0.2) is 47.6 Å². The number of hydrogen-bond donors (Lipinski definition) is 0. The number of fused-ring (bicyclic) bond motifs is 1. The van der Waals surface area contributed by atoms with Gasteiger partial charge in [0.1, 0.15) is 11.5 Å². The quantitative estimate of drug-likeness (QED) is 0.642. The van der Waals surface area contributed by atoms with Gasteiger partial charge in [0.05, 0.1) is 31.6 Å². The summed E-state index contributed by atoms with van der Waals surface area (Å²) in [6, 6.07) is 11.8. The number of carbonyl (C=O) groups is 2. The van der Waals surface area contributed by atoms with E-state index < -0.39 is 11.8 Å². The largest absolute Gasteiger partial charge is 0.497 e. The summed E-state index contributed by atoms with van der Waals surface area (Å²) in [4.78, 5) is 24.4. The Balaban J connectivity index is 1.90. The molecule has 0 unspecified atom stereocenters. The fourth-order valence-electron chi connectivity index (χ4n) is 2.33. The van der Waals surface area contributed by atoms with Gasteiger partial charge in [0.15, 0.2) is 0 Å². The normalized spacial score (nSPS) is 13.6. The van der Waals surface area contributed by atoms with Crippen molar-refractivity contribution in [2.75, 3.05) is 14.2 Å². The summed E-state index contributed by atoms with van der Waals surface area (Å²) in [6.07, 6.45) is 1.42. The second-order valence-electron chi connectivity index (χ2n) is 4.82. The van der Waals surface area contributed by atoms with Gasteiger partial charge in [-0.2, -0.15) is 10.1 Å². The minimum absolute atomic E-state index is 0.358. The van der Waals surface area contributed by atoms with Gasteiger partial charge in [-0.1, -0.05) is 12.1 Å². The summed E-state index contributed by atoms with van der Waals surface area (Å²) in [6.45, 7) is 0. The molecule has 1 heterocycles. The minimum Gasteiger partial charge on any atom is -0.497 e. The van der Waals surface area contributed by atoms with Crippen molar-refractivity contribution in [3.05, 3.63) is 59.2 Å². The molecule has 0 spiro atoms. The third kappa shape index (κ3) is 2.55. The first-order valence-corrected chi connectivity index (χ1v) is 6.89. The number of imide groups is 1. The first kappa shape index (κ1) is 14.8. The molecular weight excluding hydrogens is 296 g/mol. The van der Waals surface area contributed by atoms with Crippen LogP contribution in [0.25, 0.3) is 0 Å². The Morgan fingerprint density at radius 1 is 0.957 bits per heavy atom. The maximum atomic E-state index is 12.2. The lowest BCUT2D eigenvalue weighted by Gasteiger charge is -2.09. The number of carbonyl (C=O) groups excluding carboxylic acids is 2. The molecule has 1 aliphatic rings. The Morgan fingerprint density at radius 3 is 2.17 bits per heavy atom. The topological polar surface area (TPSA) is 68.2 Å². The van der Waals surface area contributed by atoms with Crippen molar-refractivity contribution in [2.45, 2.75) is 0 Å². The van der Waals surface area contributed by atoms with Crippen LogP contribution in [0.4, 0.5) is 0 Å². The van der Waals surface area contributed by atoms with Gasteiger partial charge in [-0.25, -0.2) is 0 Å². The van der Waals surface area contributed by atoms with E-state index in [9.17, 15) is 9.59 Å². The molecule has 2 aromatic rings. The Labute approximate surface area is 132 Å². The van der Waals surface area contributed by atoms with Gasteiger partial charge < -0.3 is 9.47 Å². The molecule has 2 amide bonds. The van der Waals surface area contributed by atoms with E-state index in [1.54, 1.807) is 49.6 Å². The molecule has 0 saturated heterocycles. The zero-order valence-corrected chi connectivity index (χ0v) is 12.6. The molecule has 0 N–H and O–H groups in total. The highest BCUT2D eigenvalue weighted by molar-refractivity contribution is 6.21. The lowest BCUT2D eigenvalue weighted by Crippen LogP contribution is -2.24. The highest BCUT2D eigenvalue weighted by Crippen LogP contribution is 2.25. The summed E-state index contributed by atoms with van der Waals surface area (Å²) in [5, 5.41) is 4.88. The lowest BCUT2D eigenvalue weighted by molar-refractivity contribution is 0.0660. The first-order valence-electron chi connectivity index (χ1n) is 6.89. The van der Waals surface area contributed by atoms with Crippen LogP contribution in [0, 0.1) is 0 Å². The predicted molar refractivity (Wildman–Crippen MR) is 84.1 cm³/mol. The van der Waals surface area contributed by atoms with Crippen LogP contribution in [-0.4, -0.2) is 37.3 Å². The zero-order chi connectivity index (χ0) is 16.4. The number of benzene rings is 2. The molecular formula is C17H14N2O4. The third-order valence-corrected chi connectivity index (χ3v) is 3.53. The fourth-order valence-corrected chi connectivity index (χ4v) is 2.33. The van der Waals surface area contributed by atoms with Crippen molar-refractivity contribution in [3.63, 3.8) is 0 Å². The highest BCUT2D eigenvalue weighted by Gasteiger charge is 2.35. The molecule has 6 heteroatoms. The average Bonchev–Trinajstić information content (AvgIpc) is 2.84. The minimum atomic E-state index is -0.436. The van der Waals surface area contributed by atoms with Crippen molar-refractivity contribution in [1.82, 2.24) is 5.01 Å². The maximum absolute atomic E-state index is 12.2. The number of ether oxygens (including phenoxy) is 2. The summed E-state index contributed by atoms with van der Waals surface area (Å²) < 4.78 is 10.4. The Kier molecular flexibility index (Phi) is 3.80. The average molecular weight is 310 g/mol. The molecule has 116 valence electrons. The first-order chi connectivity index (χ1) is 11.2. The smallest absolute Gasteiger partial charge is 0.282 e. The summed E-state index contributed by atoms with van der Waals surface area (Å²) in [7, 11) is 3.08.